The molecule has 0 saturated heterocycles. The first-order valence-corrected chi connectivity index (χ1v) is 7.49. The van der Waals surface area contributed by atoms with Crippen LogP contribution < -0.4 is 5.56 Å². The van der Waals surface area contributed by atoms with Gasteiger partial charge in [0.2, 0.25) is 0 Å². The second-order valence-electron chi connectivity index (χ2n) is 4.39. The van der Waals surface area contributed by atoms with Crippen LogP contribution in [0, 0.1) is 0 Å². The summed E-state index contributed by atoms with van der Waals surface area (Å²) in [5.41, 5.74) is -0.752. The van der Waals surface area contributed by atoms with Gasteiger partial charge in [-0.15, -0.1) is 11.3 Å². The molecule has 108 valence electrons. The molecule has 2 aromatic heterocycles. The zero-order chi connectivity index (χ0) is 14.7. The second kappa shape index (κ2) is 6.09. The van der Waals surface area contributed by atoms with Crippen molar-refractivity contribution in [2.75, 3.05) is 6.61 Å². The summed E-state index contributed by atoms with van der Waals surface area (Å²) >= 11 is 1.38. The predicted octanol–water partition coefficient (Wildman–Crippen LogP) is 2.75. The first-order chi connectivity index (χ1) is 9.61. The van der Waals surface area contributed by atoms with E-state index in [9.17, 15) is 14.7 Å². The molecule has 2 aromatic rings. The number of rotatable bonds is 5. The van der Waals surface area contributed by atoms with Crippen LogP contribution in [0.5, 0.6) is 5.75 Å². The maximum atomic E-state index is 12.4. The number of ether oxygens (including phenoxy) is 1. The third-order valence-corrected chi connectivity index (χ3v) is 3.99. The van der Waals surface area contributed by atoms with Gasteiger partial charge in [-0.3, -0.25) is 9.36 Å². The van der Waals surface area contributed by atoms with Crippen LogP contribution in [0.4, 0.5) is 0 Å². The standard InChI is InChI=1S/C14H17NO4S/c1-3-5-7-15-12(17)10(14(18)19-4-2)11(16)9-6-8-20-13(9)15/h6,8,16H,3-5,7H2,1-2H3. The summed E-state index contributed by atoms with van der Waals surface area (Å²) in [6.07, 6.45) is 1.77. The summed E-state index contributed by atoms with van der Waals surface area (Å²) < 4.78 is 6.42. The third-order valence-electron chi connectivity index (χ3n) is 3.06. The Balaban J connectivity index is 2.68. The quantitative estimate of drug-likeness (QED) is 0.861. The number of hydrogen-bond donors (Lipinski definition) is 1. The number of thiophene rings is 1. The van der Waals surface area contributed by atoms with E-state index in [2.05, 4.69) is 0 Å². The van der Waals surface area contributed by atoms with Crippen LogP contribution in [0.1, 0.15) is 37.0 Å². The van der Waals surface area contributed by atoms with E-state index >= 15 is 0 Å². The maximum Gasteiger partial charge on any atom is 0.347 e. The smallest absolute Gasteiger partial charge is 0.347 e. The van der Waals surface area contributed by atoms with Gasteiger partial charge in [0, 0.05) is 6.54 Å². The first-order valence-electron chi connectivity index (χ1n) is 6.61. The van der Waals surface area contributed by atoms with E-state index in [1.54, 1.807) is 22.9 Å². The molecule has 2 heterocycles. The number of aromatic nitrogens is 1. The van der Waals surface area contributed by atoms with E-state index in [1.807, 2.05) is 6.92 Å². The molecule has 6 heteroatoms. The molecule has 2 rings (SSSR count). The number of hydrogen-bond acceptors (Lipinski definition) is 5. The monoisotopic (exact) mass is 295 g/mol. The summed E-state index contributed by atoms with van der Waals surface area (Å²) in [5.74, 6) is -1.05. The number of fused-ring (bicyclic) bond motifs is 1. The molecule has 5 nitrogen and oxygen atoms in total. The van der Waals surface area contributed by atoms with Gasteiger partial charge in [0.15, 0.2) is 5.56 Å². The van der Waals surface area contributed by atoms with E-state index in [1.165, 1.54) is 11.3 Å². The van der Waals surface area contributed by atoms with Gasteiger partial charge < -0.3 is 9.84 Å². The molecule has 0 aromatic carbocycles. The van der Waals surface area contributed by atoms with Crippen molar-refractivity contribution < 1.29 is 14.6 Å². The van der Waals surface area contributed by atoms with Gasteiger partial charge in [0.1, 0.15) is 10.6 Å². The van der Waals surface area contributed by atoms with Crippen molar-refractivity contribution in [2.45, 2.75) is 33.2 Å². The van der Waals surface area contributed by atoms with E-state index < -0.39 is 11.5 Å². The zero-order valence-electron chi connectivity index (χ0n) is 11.5. The van der Waals surface area contributed by atoms with Crippen molar-refractivity contribution in [2.24, 2.45) is 0 Å². The number of nitrogens with zero attached hydrogens (tertiary/aromatic N) is 1. The molecule has 0 amide bonds. The minimum atomic E-state index is -0.770. The Hall–Kier alpha value is -1.82. The molecule has 20 heavy (non-hydrogen) atoms. The van der Waals surface area contributed by atoms with Crippen molar-refractivity contribution in [3.63, 3.8) is 0 Å². The fourth-order valence-electron chi connectivity index (χ4n) is 2.06. The highest BCUT2D eigenvalue weighted by molar-refractivity contribution is 7.16. The summed E-state index contributed by atoms with van der Waals surface area (Å²) in [6, 6.07) is 1.71. The van der Waals surface area contributed by atoms with Crippen LogP contribution in [0.25, 0.3) is 10.2 Å². The summed E-state index contributed by atoms with van der Waals surface area (Å²) in [5, 5.41) is 12.5. The Morgan fingerprint density at radius 3 is 2.85 bits per heavy atom. The van der Waals surface area contributed by atoms with Gasteiger partial charge >= 0.3 is 5.97 Å². The number of unbranched alkanes of at least 4 members (excludes halogenated alkanes) is 1. The molecule has 0 saturated carbocycles. The van der Waals surface area contributed by atoms with Gasteiger partial charge in [-0.25, -0.2) is 4.79 Å². The van der Waals surface area contributed by atoms with Crippen LogP contribution in [0.15, 0.2) is 16.2 Å². The Morgan fingerprint density at radius 2 is 2.20 bits per heavy atom. The molecule has 0 bridgehead atoms. The van der Waals surface area contributed by atoms with E-state index in [-0.39, 0.29) is 17.9 Å². The highest BCUT2D eigenvalue weighted by Gasteiger charge is 2.23. The maximum absolute atomic E-state index is 12.4. The van der Waals surface area contributed by atoms with Crippen molar-refractivity contribution >= 4 is 27.5 Å². The Labute approximate surface area is 120 Å². The molecule has 0 fully saturated rings. The molecular weight excluding hydrogens is 278 g/mol. The lowest BCUT2D eigenvalue weighted by atomic mass is 10.2. The number of pyridine rings is 1. The molecule has 0 unspecified atom stereocenters. The topological polar surface area (TPSA) is 68.5 Å². The molecule has 0 aliphatic carbocycles. The molecule has 0 aliphatic heterocycles. The average molecular weight is 295 g/mol. The molecule has 1 N–H and O–H groups in total. The van der Waals surface area contributed by atoms with Gasteiger partial charge in [-0.2, -0.15) is 0 Å². The van der Waals surface area contributed by atoms with E-state index in [0.717, 1.165) is 12.8 Å². The van der Waals surface area contributed by atoms with Gasteiger partial charge in [-0.05, 0) is 24.8 Å². The van der Waals surface area contributed by atoms with Crippen molar-refractivity contribution in [3.8, 4) is 5.75 Å². The summed E-state index contributed by atoms with van der Waals surface area (Å²) in [4.78, 5) is 25.0. The largest absolute Gasteiger partial charge is 0.506 e. The molecule has 0 spiro atoms. The van der Waals surface area contributed by atoms with Crippen LogP contribution in [-0.4, -0.2) is 22.2 Å². The normalized spacial score (nSPS) is 10.9. The Bertz CT molecular complexity index is 686. The summed E-state index contributed by atoms with van der Waals surface area (Å²) in [6.45, 7) is 4.38. The number of aromatic hydroxyl groups is 1. The molecule has 0 aliphatic rings. The van der Waals surface area contributed by atoms with Gasteiger partial charge in [0.05, 0.1) is 12.0 Å². The minimum absolute atomic E-state index is 0.161. The number of carbonyl (C=O) groups is 1. The fourth-order valence-corrected chi connectivity index (χ4v) is 2.99. The van der Waals surface area contributed by atoms with Crippen molar-refractivity contribution in [1.82, 2.24) is 4.57 Å². The minimum Gasteiger partial charge on any atom is -0.506 e. The molecule has 0 atom stereocenters. The van der Waals surface area contributed by atoms with Crippen LogP contribution in [-0.2, 0) is 11.3 Å². The Morgan fingerprint density at radius 1 is 1.45 bits per heavy atom. The summed E-state index contributed by atoms with van der Waals surface area (Å²) in [7, 11) is 0. The van der Waals surface area contributed by atoms with Gasteiger partial charge in [-0.1, -0.05) is 13.3 Å². The predicted molar refractivity (Wildman–Crippen MR) is 78.6 cm³/mol. The van der Waals surface area contributed by atoms with E-state index in [0.29, 0.717) is 16.8 Å². The Kier molecular flexibility index (Phi) is 4.44. The highest BCUT2D eigenvalue weighted by Crippen LogP contribution is 2.30. The van der Waals surface area contributed by atoms with Crippen LogP contribution in [0.2, 0.25) is 0 Å². The third kappa shape index (κ3) is 2.43. The second-order valence-corrected chi connectivity index (χ2v) is 5.29. The van der Waals surface area contributed by atoms with Crippen LogP contribution >= 0.6 is 11.3 Å². The number of aryl methyl sites for hydroxylation is 1. The van der Waals surface area contributed by atoms with Crippen LogP contribution in [0.3, 0.4) is 0 Å². The lowest BCUT2D eigenvalue weighted by Crippen LogP contribution is -2.27. The first kappa shape index (κ1) is 14.6. The SMILES string of the molecule is CCCCn1c(=O)c(C(=O)OCC)c(O)c2ccsc21. The highest BCUT2D eigenvalue weighted by atomic mass is 32.1. The molecule has 0 radical (unpaired) electrons. The number of carbonyl (C=O) groups excluding carboxylic acids is 1. The zero-order valence-corrected chi connectivity index (χ0v) is 12.3. The molecular formula is C14H17NO4S. The average Bonchev–Trinajstić information content (AvgIpc) is 2.88. The fraction of sp³-hybridized carbons (Fsp3) is 0.429. The lowest BCUT2D eigenvalue weighted by Gasteiger charge is -2.11. The van der Waals surface area contributed by atoms with E-state index in [4.69, 9.17) is 4.74 Å². The lowest BCUT2D eigenvalue weighted by molar-refractivity contribution is 0.0520. The van der Waals surface area contributed by atoms with Crippen molar-refractivity contribution in [3.05, 3.63) is 27.4 Å². The number of esters is 1. The van der Waals surface area contributed by atoms with Crippen molar-refractivity contribution in [1.29, 1.82) is 0 Å². The van der Waals surface area contributed by atoms with Gasteiger partial charge in [0.25, 0.3) is 5.56 Å².